The van der Waals surface area contributed by atoms with Crippen molar-refractivity contribution in [3.8, 4) is 5.75 Å². The van der Waals surface area contributed by atoms with E-state index in [1.807, 2.05) is 6.07 Å². The Labute approximate surface area is 124 Å². The maximum atomic E-state index is 11.8. The topological polar surface area (TPSA) is 75.8 Å². The molecule has 0 radical (unpaired) electrons. The summed E-state index contributed by atoms with van der Waals surface area (Å²) < 4.78 is 5.49. The van der Waals surface area contributed by atoms with Crippen molar-refractivity contribution in [1.82, 2.24) is 4.90 Å². The third-order valence-electron chi connectivity index (χ3n) is 2.79. The number of nitrogens with two attached hydrogens (primary N) is 1. The first-order valence-electron chi connectivity index (χ1n) is 6.38. The maximum Gasteiger partial charge on any atom is 0.225 e. The van der Waals surface area contributed by atoms with Crippen LogP contribution in [0.15, 0.2) is 24.3 Å². The third-order valence-corrected chi connectivity index (χ3v) is 2.99. The fourth-order valence-corrected chi connectivity index (χ4v) is 1.67. The minimum Gasteiger partial charge on any atom is -0.493 e. The van der Waals surface area contributed by atoms with Crippen molar-refractivity contribution in [3.05, 3.63) is 29.8 Å². The van der Waals surface area contributed by atoms with Crippen molar-refractivity contribution in [1.29, 1.82) is 0 Å². The van der Waals surface area contributed by atoms with Gasteiger partial charge in [0.25, 0.3) is 0 Å². The molecule has 1 amide bonds. The van der Waals surface area contributed by atoms with Gasteiger partial charge in [-0.1, -0.05) is 24.4 Å². The van der Waals surface area contributed by atoms with Crippen LogP contribution in [0.3, 0.4) is 0 Å². The Bertz CT molecular complexity index is 465. The van der Waals surface area contributed by atoms with Gasteiger partial charge in [0.2, 0.25) is 5.91 Å². The summed E-state index contributed by atoms with van der Waals surface area (Å²) in [6, 6.07) is 7.15. The van der Waals surface area contributed by atoms with Crippen LogP contribution in [0.2, 0.25) is 0 Å². The molecule has 0 unspecified atom stereocenters. The van der Waals surface area contributed by atoms with Crippen molar-refractivity contribution >= 4 is 23.1 Å². The summed E-state index contributed by atoms with van der Waals surface area (Å²) in [5.74, 6) is 0.634. The lowest BCUT2D eigenvalue weighted by Crippen LogP contribution is -2.30. The fourth-order valence-electron chi connectivity index (χ4n) is 1.58. The summed E-state index contributed by atoms with van der Waals surface area (Å²) in [6.45, 7) is 0.789. The second-order valence-electron chi connectivity index (χ2n) is 4.44. The molecule has 0 aromatic heterocycles. The monoisotopic (exact) mass is 296 g/mol. The minimum absolute atomic E-state index is 0.0143. The lowest BCUT2D eigenvalue weighted by molar-refractivity contribution is -0.130. The summed E-state index contributed by atoms with van der Waals surface area (Å²) in [5, 5.41) is 9.02. The van der Waals surface area contributed by atoms with E-state index in [0.29, 0.717) is 30.3 Å². The zero-order valence-electron chi connectivity index (χ0n) is 11.5. The molecular weight excluding hydrogens is 276 g/mol. The molecule has 6 heteroatoms. The first-order valence-corrected chi connectivity index (χ1v) is 6.78. The predicted molar refractivity (Wildman–Crippen MR) is 81.5 cm³/mol. The smallest absolute Gasteiger partial charge is 0.225 e. The lowest BCUT2D eigenvalue weighted by Gasteiger charge is -2.16. The van der Waals surface area contributed by atoms with Gasteiger partial charge in [-0.15, -0.1) is 0 Å². The highest BCUT2D eigenvalue weighted by Gasteiger charge is 2.09. The Morgan fingerprint density at radius 3 is 2.85 bits per heavy atom. The number of carbonyl (C=O) groups excluding carboxylic acids is 1. The maximum absolute atomic E-state index is 11.8. The first-order chi connectivity index (χ1) is 9.52. The zero-order valence-corrected chi connectivity index (χ0v) is 12.4. The molecule has 0 aliphatic carbocycles. The molecule has 110 valence electrons. The average molecular weight is 296 g/mol. The summed E-state index contributed by atoms with van der Waals surface area (Å²) in [4.78, 5) is 13.8. The molecule has 5 nitrogen and oxygen atoms in total. The number of ether oxygens (including phenoxy) is 1. The summed E-state index contributed by atoms with van der Waals surface area (Å²) >= 11 is 4.77. The molecule has 0 spiro atoms. The lowest BCUT2D eigenvalue weighted by atomic mass is 10.2. The Kier molecular flexibility index (Phi) is 6.97. The van der Waals surface area contributed by atoms with Crippen LogP contribution in [-0.2, 0) is 11.4 Å². The molecule has 0 aliphatic rings. The van der Waals surface area contributed by atoms with Gasteiger partial charge >= 0.3 is 0 Å². The van der Waals surface area contributed by atoms with Gasteiger partial charge in [-0.2, -0.15) is 0 Å². The van der Waals surface area contributed by atoms with Crippen LogP contribution < -0.4 is 10.5 Å². The molecule has 0 saturated heterocycles. The molecule has 1 aromatic rings. The molecule has 1 aromatic carbocycles. The molecule has 0 saturated carbocycles. The molecule has 0 fully saturated rings. The molecule has 1 rings (SSSR count). The molecular formula is C14H20N2O3S. The first kappa shape index (κ1) is 16.4. The van der Waals surface area contributed by atoms with E-state index in [9.17, 15) is 4.79 Å². The van der Waals surface area contributed by atoms with Crippen molar-refractivity contribution < 1.29 is 14.6 Å². The Hall–Kier alpha value is -1.66. The van der Waals surface area contributed by atoms with Crippen LogP contribution in [-0.4, -0.2) is 41.1 Å². The fraction of sp³-hybridized carbons (Fsp3) is 0.429. The molecule has 20 heavy (non-hydrogen) atoms. The number of nitrogens with zero attached hydrogens (tertiary/aromatic N) is 1. The van der Waals surface area contributed by atoms with Crippen molar-refractivity contribution in [3.63, 3.8) is 0 Å². The van der Waals surface area contributed by atoms with Crippen LogP contribution in [0.1, 0.15) is 18.4 Å². The van der Waals surface area contributed by atoms with Crippen LogP contribution in [0.25, 0.3) is 0 Å². The van der Waals surface area contributed by atoms with Crippen LogP contribution in [0.5, 0.6) is 5.75 Å². The average Bonchev–Trinajstić information content (AvgIpc) is 2.44. The highest BCUT2D eigenvalue weighted by Crippen LogP contribution is 2.13. The predicted octanol–water partition coefficient (Wildman–Crippen LogP) is 1.08. The molecule has 0 bridgehead atoms. The molecule has 0 atom stereocenters. The molecule has 0 aliphatic heterocycles. The number of aliphatic hydroxyl groups is 1. The van der Waals surface area contributed by atoms with Gasteiger partial charge in [0.1, 0.15) is 5.75 Å². The van der Waals surface area contributed by atoms with E-state index >= 15 is 0 Å². The van der Waals surface area contributed by atoms with Crippen molar-refractivity contribution in [2.45, 2.75) is 19.4 Å². The van der Waals surface area contributed by atoms with E-state index in [-0.39, 0.29) is 18.9 Å². The number of rotatable bonds is 8. The number of carbonyl (C=O) groups is 1. The quantitative estimate of drug-likeness (QED) is 0.702. The molecule has 3 N–H and O–H groups in total. The zero-order chi connectivity index (χ0) is 15.0. The Morgan fingerprint density at radius 1 is 1.45 bits per heavy atom. The van der Waals surface area contributed by atoms with Gasteiger partial charge in [0, 0.05) is 20.0 Å². The van der Waals surface area contributed by atoms with E-state index in [1.54, 1.807) is 30.1 Å². The Morgan fingerprint density at radius 2 is 2.20 bits per heavy atom. The number of hydrogen-bond donors (Lipinski definition) is 2. The normalized spacial score (nSPS) is 10.1. The largest absolute Gasteiger partial charge is 0.493 e. The Balaban J connectivity index is 2.32. The van der Waals surface area contributed by atoms with E-state index in [4.69, 9.17) is 27.8 Å². The second-order valence-corrected chi connectivity index (χ2v) is 4.96. The molecule has 0 heterocycles. The highest BCUT2D eigenvalue weighted by molar-refractivity contribution is 7.80. The van der Waals surface area contributed by atoms with Gasteiger partial charge in [0.15, 0.2) is 0 Å². The second kappa shape index (κ2) is 8.50. The van der Waals surface area contributed by atoms with E-state index in [2.05, 4.69) is 0 Å². The van der Waals surface area contributed by atoms with Crippen LogP contribution >= 0.6 is 12.2 Å². The standard InChI is InChI=1S/C14H20N2O3S/c1-16(7-5-13(15)20)14(18)6-8-19-12-4-2-3-11(9-12)10-17/h2-4,9,17H,5-8,10H2,1H3,(H2,15,20). The summed E-state index contributed by atoms with van der Waals surface area (Å²) in [7, 11) is 1.72. The van der Waals surface area contributed by atoms with Crippen LogP contribution in [0, 0.1) is 0 Å². The number of benzene rings is 1. The highest BCUT2D eigenvalue weighted by atomic mass is 32.1. The van der Waals surface area contributed by atoms with Gasteiger partial charge in [-0.05, 0) is 17.7 Å². The van der Waals surface area contributed by atoms with Gasteiger partial charge in [-0.25, -0.2) is 0 Å². The van der Waals surface area contributed by atoms with Crippen molar-refractivity contribution in [2.24, 2.45) is 5.73 Å². The van der Waals surface area contributed by atoms with Gasteiger partial charge in [-0.3, -0.25) is 4.79 Å². The number of hydrogen-bond acceptors (Lipinski definition) is 4. The SMILES string of the molecule is CN(CCC(N)=S)C(=O)CCOc1cccc(CO)c1. The minimum atomic E-state index is -0.0299. The van der Waals surface area contributed by atoms with E-state index in [1.165, 1.54) is 0 Å². The third kappa shape index (κ3) is 5.99. The van der Waals surface area contributed by atoms with Crippen molar-refractivity contribution in [2.75, 3.05) is 20.2 Å². The summed E-state index contributed by atoms with van der Waals surface area (Å²) in [6.07, 6.45) is 0.814. The van der Waals surface area contributed by atoms with Gasteiger partial charge < -0.3 is 20.5 Å². The number of amides is 1. The number of thiocarbonyl (C=S) groups is 1. The van der Waals surface area contributed by atoms with Gasteiger partial charge in [0.05, 0.1) is 24.6 Å². The van der Waals surface area contributed by atoms with E-state index < -0.39 is 0 Å². The number of aliphatic hydroxyl groups excluding tert-OH is 1. The summed E-state index contributed by atoms with van der Waals surface area (Å²) in [5.41, 5.74) is 6.17. The van der Waals surface area contributed by atoms with E-state index in [0.717, 1.165) is 5.56 Å². The van der Waals surface area contributed by atoms with Crippen LogP contribution in [0.4, 0.5) is 0 Å².